The van der Waals surface area contributed by atoms with E-state index >= 15 is 0 Å². The van der Waals surface area contributed by atoms with E-state index in [1.54, 1.807) is 7.11 Å². The molecule has 4 heteroatoms. The molecular weight excluding hydrogens is 296 g/mol. The van der Waals surface area contributed by atoms with Gasteiger partial charge in [-0.3, -0.25) is 0 Å². The van der Waals surface area contributed by atoms with Crippen LogP contribution in [-0.2, 0) is 16.1 Å². The van der Waals surface area contributed by atoms with Gasteiger partial charge in [0.25, 0.3) is 0 Å². The summed E-state index contributed by atoms with van der Waals surface area (Å²) in [4.78, 5) is 1.06. The summed E-state index contributed by atoms with van der Waals surface area (Å²) in [6.45, 7) is 2.34. The standard InChI is InChI=1S/C18H22O3S/c1-14(21-13-15-9-5-3-6-10-15)17(19)18(20-2)22-16-11-7-4-8-12-16/h3-12,14,17-19H,13H2,1-2H3/t14-,17+,18-/m0/s1. The van der Waals surface area contributed by atoms with Gasteiger partial charge < -0.3 is 14.6 Å². The van der Waals surface area contributed by atoms with Crippen LogP contribution >= 0.6 is 11.8 Å². The van der Waals surface area contributed by atoms with Crippen LogP contribution in [0.1, 0.15) is 12.5 Å². The van der Waals surface area contributed by atoms with Gasteiger partial charge in [0, 0.05) is 12.0 Å². The second-order valence-corrected chi connectivity index (χ2v) is 6.20. The molecule has 0 bridgehead atoms. The Balaban J connectivity index is 1.88. The van der Waals surface area contributed by atoms with Crippen molar-refractivity contribution < 1.29 is 14.6 Å². The van der Waals surface area contributed by atoms with Crippen LogP contribution in [0.15, 0.2) is 65.6 Å². The van der Waals surface area contributed by atoms with E-state index < -0.39 is 6.10 Å². The first-order chi connectivity index (χ1) is 10.7. The van der Waals surface area contributed by atoms with Crippen LogP contribution in [0.4, 0.5) is 0 Å². The highest BCUT2D eigenvalue weighted by molar-refractivity contribution is 7.99. The van der Waals surface area contributed by atoms with Crippen LogP contribution in [0.25, 0.3) is 0 Å². The van der Waals surface area contributed by atoms with E-state index in [-0.39, 0.29) is 11.5 Å². The molecule has 22 heavy (non-hydrogen) atoms. The maximum absolute atomic E-state index is 10.4. The maximum atomic E-state index is 10.4. The molecule has 0 aliphatic rings. The first-order valence-electron chi connectivity index (χ1n) is 7.29. The Kier molecular flexibility index (Phi) is 6.93. The Hall–Kier alpha value is -1.33. The fourth-order valence-electron chi connectivity index (χ4n) is 2.01. The van der Waals surface area contributed by atoms with Crippen LogP contribution in [0.5, 0.6) is 0 Å². The number of aliphatic hydroxyl groups is 1. The number of hydrogen-bond donors (Lipinski definition) is 1. The lowest BCUT2D eigenvalue weighted by Crippen LogP contribution is -2.36. The number of rotatable bonds is 8. The van der Waals surface area contributed by atoms with E-state index in [4.69, 9.17) is 9.47 Å². The van der Waals surface area contributed by atoms with Crippen LogP contribution in [0, 0.1) is 0 Å². The Morgan fingerprint density at radius 2 is 1.59 bits per heavy atom. The smallest absolute Gasteiger partial charge is 0.135 e. The van der Waals surface area contributed by atoms with Gasteiger partial charge in [-0.1, -0.05) is 60.3 Å². The van der Waals surface area contributed by atoms with Crippen LogP contribution < -0.4 is 0 Å². The van der Waals surface area contributed by atoms with Crippen molar-refractivity contribution in [2.45, 2.75) is 36.1 Å². The lowest BCUT2D eigenvalue weighted by Gasteiger charge is -2.26. The summed E-state index contributed by atoms with van der Waals surface area (Å²) in [5.41, 5.74) is 0.722. The summed E-state index contributed by atoms with van der Waals surface area (Å²) in [6.07, 6.45) is -1.03. The molecule has 2 rings (SSSR count). The van der Waals surface area contributed by atoms with Crippen molar-refractivity contribution >= 4 is 11.8 Å². The fraction of sp³-hybridized carbons (Fsp3) is 0.333. The monoisotopic (exact) mass is 318 g/mol. The lowest BCUT2D eigenvalue weighted by molar-refractivity contribution is -0.0724. The van der Waals surface area contributed by atoms with E-state index in [2.05, 4.69) is 0 Å². The summed E-state index contributed by atoms with van der Waals surface area (Å²) in [7, 11) is 1.60. The van der Waals surface area contributed by atoms with Crippen molar-refractivity contribution in [3.8, 4) is 0 Å². The van der Waals surface area contributed by atoms with E-state index in [9.17, 15) is 5.11 Å². The lowest BCUT2D eigenvalue weighted by atomic mass is 10.2. The molecule has 0 fully saturated rings. The number of ether oxygens (including phenoxy) is 2. The van der Waals surface area contributed by atoms with Gasteiger partial charge >= 0.3 is 0 Å². The zero-order chi connectivity index (χ0) is 15.8. The zero-order valence-corrected chi connectivity index (χ0v) is 13.7. The first kappa shape index (κ1) is 17.0. The van der Waals surface area contributed by atoms with Crippen molar-refractivity contribution in [1.82, 2.24) is 0 Å². The summed E-state index contributed by atoms with van der Waals surface area (Å²) >= 11 is 1.49. The normalized spacial score (nSPS) is 15.2. The number of hydrogen-bond acceptors (Lipinski definition) is 4. The van der Waals surface area contributed by atoms with Gasteiger partial charge in [-0.15, -0.1) is 0 Å². The molecule has 118 valence electrons. The van der Waals surface area contributed by atoms with E-state index in [0.717, 1.165) is 10.5 Å². The molecular formula is C18H22O3S. The average molecular weight is 318 g/mol. The number of aliphatic hydroxyl groups excluding tert-OH is 1. The predicted octanol–water partition coefficient (Wildman–Crippen LogP) is 3.72. The summed E-state index contributed by atoms with van der Waals surface area (Å²) in [6, 6.07) is 19.8. The van der Waals surface area contributed by atoms with Crippen molar-refractivity contribution in [2.24, 2.45) is 0 Å². The van der Waals surface area contributed by atoms with Crippen molar-refractivity contribution in [3.63, 3.8) is 0 Å². The number of thioether (sulfide) groups is 1. The van der Waals surface area contributed by atoms with Crippen molar-refractivity contribution in [2.75, 3.05) is 7.11 Å². The van der Waals surface area contributed by atoms with E-state index in [1.165, 1.54) is 11.8 Å². The van der Waals surface area contributed by atoms with Crippen molar-refractivity contribution in [1.29, 1.82) is 0 Å². The Bertz CT molecular complexity index is 533. The second-order valence-electron chi connectivity index (χ2n) is 5.03. The molecule has 3 atom stereocenters. The van der Waals surface area contributed by atoms with Crippen LogP contribution in [0.3, 0.4) is 0 Å². The summed E-state index contributed by atoms with van der Waals surface area (Å²) in [5.74, 6) is 0. The summed E-state index contributed by atoms with van der Waals surface area (Å²) < 4.78 is 11.2. The van der Waals surface area contributed by atoms with Gasteiger partial charge in [0.2, 0.25) is 0 Å². The van der Waals surface area contributed by atoms with Crippen LogP contribution in [0.2, 0.25) is 0 Å². The molecule has 0 saturated carbocycles. The minimum atomic E-state index is -0.709. The second kappa shape index (κ2) is 8.96. The van der Waals surface area contributed by atoms with Gasteiger partial charge in [0.15, 0.2) is 0 Å². The third kappa shape index (κ3) is 5.14. The van der Waals surface area contributed by atoms with Gasteiger partial charge in [-0.2, -0.15) is 0 Å². The molecule has 1 N–H and O–H groups in total. The molecule has 0 heterocycles. The number of benzene rings is 2. The molecule has 0 aliphatic carbocycles. The molecule has 0 aliphatic heterocycles. The first-order valence-corrected chi connectivity index (χ1v) is 8.16. The van der Waals surface area contributed by atoms with Gasteiger partial charge in [0.1, 0.15) is 11.5 Å². The highest BCUT2D eigenvalue weighted by Crippen LogP contribution is 2.27. The molecule has 0 unspecified atom stereocenters. The van der Waals surface area contributed by atoms with Gasteiger partial charge in [0.05, 0.1) is 12.7 Å². The van der Waals surface area contributed by atoms with E-state index in [1.807, 2.05) is 67.6 Å². The molecule has 0 aromatic heterocycles. The molecule has 0 saturated heterocycles. The quantitative estimate of drug-likeness (QED) is 0.595. The third-order valence-electron chi connectivity index (χ3n) is 3.34. The minimum absolute atomic E-state index is 0.318. The Morgan fingerprint density at radius 1 is 1.00 bits per heavy atom. The van der Waals surface area contributed by atoms with Crippen molar-refractivity contribution in [3.05, 3.63) is 66.2 Å². The predicted molar refractivity (Wildman–Crippen MR) is 89.8 cm³/mol. The SMILES string of the molecule is CO[C@@H](Sc1ccccc1)[C@H](O)[C@H](C)OCc1ccccc1. The number of methoxy groups -OCH3 is 1. The molecule has 0 spiro atoms. The molecule has 0 amide bonds. The highest BCUT2D eigenvalue weighted by Gasteiger charge is 2.26. The largest absolute Gasteiger partial charge is 0.387 e. The zero-order valence-electron chi connectivity index (χ0n) is 12.9. The molecule has 3 nitrogen and oxygen atoms in total. The van der Waals surface area contributed by atoms with Gasteiger partial charge in [-0.05, 0) is 24.6 Å². The van der Waals surface area contributed by atoms with E-state index in [0.29, 0.717) is 6.61 Å². The average Bonchev–Trinajstić information content (AvgIpc) is 2.58. The minimum Gasteiger partial charge on any atom is -0.387 e. The fourth-order valence-corrected chi connectivity index (χ4v) is 3.05. The summed E-state index contributed by atoms with van der Waals surface area (Å²) in [5, 5.41) is 10.4. The highest BCUT2D eigenvalue weighted by atomic mass is 32.2. The maximum Gasteiger partial charge on any atom is 0.135 e. The Labute approximate surface area is 136 Å². The Morgan fingerprint density at radius 3 is 2.18 bits per heavy atom. The van der Waals surface area contributed by atoms with Crippen LogP contribution in [-0.4, -0.2) is 29.9 Å². The molecule has 2 aromatic rings. The van der Waals surface area contributed by atoms with Gasteiger partial charge in [-0.25, -0.2) is 0 Å². The molecule has 0 radical (unpaired) electrons. The molecule has 2 aromatic carbocycles. The topological polar surface area (TPSA) is 38.7 Å². The third-order valence-corrected chi connectivity index (χ3v) is 4.59.